The molecular weight excluding hydrogens is 400 g/mol. The molecular formula is C26H16N4O2. The fraction of sp³-hybridized carbons (Fsp3) is 0. The Morgan fingerprint density at radius 2 is 1.03 bits per heavy atom. The quantitative estimate of drug-likeness (QED) is 0.316. The predicted octanol–water partition coefficient (Wildman–Crippen LogP) is 6.25. The van der Waals surface area contributed by atoms with Crippen LogP contribution in [-0.4, -0.2) is 19.9 Å². The summed E-state index contributed by atoms with van der Waals surface area (Å²) in [6.07, 6.45) is 14.4. The number of rotatable bonds is 4. The van der Waals surface area contributed by atoms with Crippen LogP contribution in [0, 0.1) is 0 Å². The van der Waals surface area contributed by atoms with Crippen LogP contribution in [0.3, 0.4) is 0 Å². The maximum absolute atomic E-state index is 5.44. The fourth-order valence-electron chi connectivity index (χ4n) is 3.75. The minimum absolute atomic E-state index is 0.713. The summed E-state index contributed by atoms with van der Waals surface area (Å²) in [5.41, 5.74) is 4.61. The highest BCUT2D eigenvalue weighted by atomic mass is 16.3. The van der Waals surface area contributed by atoms with Gasteiger partial charge in [0.15, 0.2) is 0 Å². The Labute approximate surface area is 182 Å². The van der Waals surface area contributed by atoms with E-state index in [4.69, 9.17) is 18.8 Å². The van der Waals surface area contributed by atoms with Gasteiger partial charge in [-0.1, -0.05) is 0 Å². The van der Waals surface area contributed by atoms with E-state index in [-0.39, 0.29) is 0 Å². The van der Waals surface area contributed by atoms with E-state index in [1.807, 2.05) is 72.8 Å². The SMILES string of the molecule is C(=C\c1nc2c3cccnc3c3ncccc3c2nc1/C=C/c1ccco1)/c1ccco1. The molecule has 6 aromatic rings. The van der Waals surface area contributed by atoms with Gasteiger partial charge in [0.2, 0.25) is 0 Å². The van der Waals surface area contributed by atoms with Crippen molar-refractivity contribution in [1.29, 1.82) is 0 Å². The van der Waals surface area contributed by atoms with E-state index in [1.54, 1.807) is 24.9 Å². The second-order valence-corrected chi connectivity index (χ2v) is 7.19. The monoisotopic (exact) mass is 416 g/mol. The minimum atomic E-state index is 0.713. The largest absolute Gasteiger partial charge is 0.465 e. The van der Waals surface area contributed by atoms with Gasteiger partial charge >= 0.3 is 0 Å². The van der Waals surface area contributed by atoms with Gasteiger partial charge in [-0.15, -0.1) is 0 Å². The molecule has 32 heavy (non-hydrogen) atoms. The van der Waals surface area contributed by atoms with E-state index in [0.29, 0.717) is 11.4 Å². The Hall–Kier alpha value is -4.58. The Kier molecular flexibility index (Phi) is 4.32. The fourth-order valence-corrected chi connectivity index (χ4v) is 3.75. The van der Waals surface area contributed by atoms with Crippen molar-refractivity contribution < 1.29 is 8.83 Å². The molecule has 6 nitrogen and oxygen atoms in total. The minimum Gasteiger partial charge on any atom is -0.465 e. The number of pyridine rings is 2. The van der Waals surface area contributed by atoms with Crippen molar-refractivity contribution in [3.63, 3.8) is 0 Å². The summed E-state index contributed by atoms with van der Waals surface area (Å²) in [7, 11) is 0. The van der Waals surface area contributed by atoms with Crippen molar-refractivity contribution in [3.8, 4) is 0 Å². The molecule has 0 fully saturated rings. The second-order valence-electron chi connectivity index (χ2n) is 7.19. The number of fused-ring (bicyclic) bond motifs is 6. The van der Waals surface area contributed by atoms with Gasteiger partial charge in [0.05, 0.1) is 46.0 Å². The van der Waals surface area contributed by atoms with Gasteiger partial charge in [0.1, 0.15) is 11.5 Å². The van der Waals surface area contributed by atoms with E-state index in [9.17, 15) is 0 Å². The summed E-state index contributed by atoms with van der Waals surface area (Å²) in [5.74, 6) is 1.48. The topological polar surface area (TPSA) is 77.8 Å². The van der Waals surface area contributed by atoms with Crippen LogP contribution in [0.5, 0.6) is 0 Å². The molecule has 0 atom stereocenters. The average molecular weight is 416 g/mol. The lowest BCUT2D eigenvalue weighted by Gasteiger charge is -2.10. The third-order valence-corrected chi connectivity index (χ3v) is 5.20. The van der Waals surface area contributed by atoms with Crippen LogP contribution in [0.4, 0.5) is 0 Å². The van der Waals surface area contributed by atoms with E-state index in [1.165, 1.54) is 0 Å². The summed E-state index contributed by atoms with van der Waals surface area (Å²) >= 11 is 0. The molecule has 0 spiro atoms. The van der Waals surface area contributed by atoms with Gasteiger partial charge in [-0.25, -0.2) is 9.97 Å². The van der Waals surface area contributed by atoms with Crippen LogP contribution in [0.15, 0.2) is 82.3 Å². The van der Waals surface area contributed by atoms with Crippen molar-refractivity contribution in [2.75, 3.05) is 0 Å². The van der Waals surface area contributed by atoms with Gasteiger partial charge in [-0.2, -0.15) is 0 Å². The normalized spacial score (nSPS) is 12.1. The summed E-state index contributed by atoms with van der Waals surface area (Å²) in [6.45, 7) is 0. The van der Waals surface area contributed by atoms with Crippen molar-refractivity contribution in [2.45, 2.75) is 0 Å². The number of aromatic nitrogens is 4. The van der Waals surface area contributed by atoms with Gasteiger partial charge < -0.3 is 8.83 Å². The zero-order valence-corrected chi connectivity index (χ0v) is 16.8. The maximum atomic E-state index is 5.44. The van der Waals surface area contributed by atoms with Crippen LogP contribution in [0.1, 0.15) is 22.9 Å². The first-order valence-corrected chi connectivity index (χ1v) is 10.1. The van der Waals surface area contributed by atoms with E-state index in [2.05, 4.69) is 9.97 Å². The Morgan fingerprint density at radius 3 is 1.47 bits per heavy atom. The smallest absolute Gasteiger partial charge is 0.126 e. The maximum Gasteiger partial charge on any atom is 0.126 e. The third kappa shape index (κ3) is 3.15. The molecule has 0 N–H and O–H groups in total. The lowest BCUT2D eigenvalue weighted by atomic mass is 10.1. The molecule has 0 amide bonds. The van der Waals surface area contributed by atoms with Gasteiger partial charge in [0.25, 0.3) is 0 Å². The number of benzene rings is 1. The summed E-state index contributed by atoms with van der Waals surface area (Å²) < 4.78 is 10.9. The first-order valence-electron chi connectivity index (χ1n) is 10.1. The highest BCUT2D eigenvalue weighted by molar-refractivity contribution is 6.20. The standard InChI is InChI=1S/C26H16N4O2/c1-7-19-23(27-13-1)24-20(8-2-14-28-24)26-25(19)29-21(11-9-17-5-3-15-31-17)22(30-26)12-10-18-6-4-16-32-18/h1-16H/b11-9+,12-10+. The number of hydrogen-bond acceptors (Lipinski definition) is 6. The summed E-state index contributed by atoms with van der Waals surface area (Å²) in [5, 5.41) is 1.82. The molecule has 5 heterocycles. The molecule has 1 aromatic carbocycles. The second kappa shape index (κ2) is 7.59. The first kappa shape index (κ1) is 18.2. The molecule has 0 unspecified atom stereocenters. The zero-order chi connectivity index (χ0) is 21.3. The molecule has 0 radical (unpaired) electrons. The molecule has 0 saturated heterocycles. The highest BCUT2D eigenvalue weighted by Gasteiger charge is 2.14. The van der Waals surface area contributed by atoms with Gasteiger partial charge in [-0.05, 0) is 72.8 Å². The average Bonchev–Trinajstić information content (AvgIpc) is 3.56. The van der Waals surface area contributed by atoms with Crippen molar-refractivity contribution in [2.24, 2.45) is 0 Å². The lowest BCUT2D eigenvalue weighted by Crippen LogP contribution is -1.97. The first-order chi connectivity index (χ1) is 15.9. The third-order valence-electron chi connectivity index (χ3n) is 5.20. The van der Waals surface area contributed by atoms with Crippen LogP contribution >= 0.6 is 0 Å². The Balaban J connectivity index is 1.65. The van der Waals surface area contributed by atoms with Gasteiger partial charge in [-0.3, -0.25) is 9.97 Å². The Bertz CT molecular complexity index is 1490. The highest BCUT2D eigenvalue weighted by Crippen LogP contribution is 2.31. The molecule has 152 valence electrons. The molecule has 5 aromatic heterocycles. The number of hydrogen-bond donors (Lipinski definition) is 0. The summed E-state index contributed by atoms with van der Waals surface area (Å²) in [6, 6.07) is 15.3. The molecule has 0 saturated carbocycles. The number of furan rings is 2. The molecule has 6 heteroatoms. The van der Waals surface area contributed by atoms with Crippen LogP contribution in [-0.2, 0) is 0 Å². The van der Waals surface area contributed by atoms with Crippen molar-refractivity contribution in [3.05, 3.63) is 96.4 Å². The van der Waals surface area contributed by atoms with Crippen LogP contribution < -0.4 is 0 Å². The van der Waals surface area contributed by atoms with Crippen molar-refractivity contribution >= 4 is 57.1 Å². The molecule has 0 aliphatic carbocycles. The van der Waals surface area contributed by atoms with Crippen LogP contribution in [0.2, 0.25) is 0 Å². The predicted molar refractivity (Wildman–Crippen MR) is 125 cm³/mol. The molecule has 0 aliphatic rings. The van der Waals surface area contributed by atoms with Crippen LogP contribution in [0.25, 0.3) is 57.1 Å². The lowest BCUT2D eigenvalue weighted by molar-refractivity contribution is 0.557. The van der Waals surface area contributed by atoms with E-state index >= 15 is 0 Å². The van der Waals surface area contributed by atoms with E-state index < -0.39 is 0 Å². The molecule has 0 bridgehead atoms. The van der Waals surface area contributed by atoms with E-state index in [0.717, 1.165) is 44.4 Å². The zero-order valence-electron chi connectivity index (χ0n) is 16.8. The molecule has 0 aliphatic heterocycles. The Morgan fingerprint density at radius 1 is 0.531 bits per heavy atom. The summed E-state index contributed by atoms with van der Waals surface area (Å²) in [4.78, 5) is 19.2. The molecule has 6 rings (SSSR count). The van der Waals surface area contributed by atoms with Gasteiger partial charge in [0, 0.05) is 23.2 Å². The number of nitrogens with zero attached hydrogens (tertiary/aromatic N) is 4. The van der Waals surface area contributed by atoms with Crippen molar-refractivity contribution in [1.82, 2.24) is 19.9 Å².